The summed E-state index contributed by atoms with van der Waals surface area (Å²) < 4.78 is 27.6. The first-order valence-electron chi connectivity index (χ1n) is 8.91. The molecule has 30 heavy (non-hydrogen) atoms. The first kappa shape index (κ1) is 22.2. The first-order chi connectivity index (χ1) is 14.1. The third-order valence-corrected chi connectivity index (χ3v) is 7.12. The molecule has 0 fully saturated rings. The zero-order valence-electron chi connectivity index (χ0n) is 17.0. The molecule has 1 aromatic carbocycles. The van der Waals surface area contributed by atoms with Crippen LogP contribution in [0.3, 0.4) is 0 Å². The minimum atomic E-state index is -3.52. The highest BCUT2D eigenvalue weighted by Gasteiger charge is 2.21. The SMILES string of the molecule is Cc1ccc(N(Cc2nnc(SCC(=O)Nc3ncc(C)s3)n2C)S(C)(=O)=O)cc1. The molecule has 2 heterocycles. The van der Waals surface area contributed by atoms with Gasteiger partial charge in [-0.05, 0) is 26.0 Å². The van der Waals surface area contributed by atoms with Crippen molar-refractivity contribution in [1.82, 2.24) is 19.7 Å². The fourth-order valence-corrected chi connectivity index (χ4v) is 4.81. The van der Waals surface area contributed by atoms with E-state index in [2.05, 4.69) is 20.5 Å². The van der Waals surface area contributed by atoms with Crippen LogP contribution in [-0.4, -0.2) is 46.1 Å². The molecule has 0 aliphatic heterocycles. The van der Waals surface area contributed by atoms with Crippen LogP contribution in [0.4, 0.5) is 10.8 Å². The third kappa shape index (κ3) is 5.58. The van der Waals surface area contributed by atoms with Crippen molar-refractivity contribution in [2.45, 2.75) is 25.5 Å². The van der Waals surface area contributed by atoms with E-state index in [0.29, 0.717) is 21.8 Å². The van der Waals surface area contributed by atoms with Crippen molar-refractivity contribution < 1.29 is 13.2 Å². The molecule has 12 heteroatoms. The van der Waals surface area contributed by atoms with E-state index in [4.69, 9.17) is 0 Å². The van der Waals surface area contributed by atoms with Crippen LogP contribution in [0.5, 0.6) is 0 Å². The second kappa shape index (κ2) is 9.14. The number of rotatable bonds is 8. The fraction of sp³-hybridized carbons (Fsp3) is 0.333. The van der Waals surface area contributed by atoms with Crippen LogP contribution in [0.1, 0.15) is 16.3 Å². The normalized spacial score (nSPS) is 11.5. The monoisotopic (exact) mass is 466 g/mol. The summed E-state index contributed by atoms with van der Waals surface area (Å²) in [6, 6.07) is 7.22. The number of sulfonamides is 1. The lowest BCUT2D eigenvalue weighted by atomic mass is 10.2. The Kier molecular flexibility index (Phi) is 6.78. The van der Waals surface area contributed by atoms with E-state index in [1.54, 1.807) is 29.9 Å². The molecule has 0 aliphatic rings. The van der Waals surface area contributed by atoms with E-state index < -0.39 is 10.0 Å². The maximum absolute atomic E-state index is 12.3. The molecule has 1 amide bonds. The minimum absolute atomic E-state index is 0.0382. The van der Waals surface area contributed by atoms with Gasteiger partial charge >= 0.3 is 0 Å². The summed E-state index contributed by atoms with van der Waals surface area (Å²) in [5, 5.41) is 12.0. The molecule has 0 atom stereocenters. The maximum atomic E-state index is 12.3. The number of thioether (sulfide) groups is 1. The van der Waals surface area contributed by atoms with Crippen molar-refractivity contribution in [3.8, 4) is 0 Å². The van der Waals surface area contributed by atoms with E-state index in [9.17, 15) is 13.2 Å². The Hall–Kier alpha value is -2.44. The predicted molar refractivity (Wildman–Crippen MR) is 119 cm³/mol. The second-order valence-corrected chi connectivity index (χ2v) is 10.8. The van der Waals surface area contributed by atoms with E-state index in [1.807, 2.05) is 26.0 Å². The summed E-state index contributed by atoms with van der Waals surface area (Å²) in [4.78, 5) is 17.2. The Bertz CT molecular complexity index is 1140. The number of carbonyl (C=O) groups excluding carboxylic acids is 1. The molecule has 0 unspecified atom stereocenters. The number of amides is 1. The molecule has 0 saturated carbocycles. The molecule has 3 aromatic rings. The van der Waals surface area contributed by atoms with Gasteiger partial charge in [0.2, 0.25) is 15.9 Å². The number of anilines is 2. The highest BCUT2D eigenvalue weighted by Crippen LogP contribution is 2.23. The molecule has 0 aliphatic carbocycles. The Morgan fingerprint density at radius 2 is 1.93 bits per heavy atom. The topological polar surface area (TPSA) is 110 Å². The highest BCUT2D eigenvalue weighted by molar-refractivity contribution is 7.99. The molecular formula is C18H22N6O3S3. The van der Waals surface area contributed by atoms with Crippen LogP contribution in [-0.2, 0) is 28.4 Å². The van der Waals surface area contributed by atoms with E-state index in [-0.39, 0.29) is 18.2 Å². The standard InChI is InChI=1S/C18H22N6O3S3/c1-12-5-7-14(8-6-12)24(30(4,26)27)10-15-21-22-18(23(15)3)28-11-16(25)20-17-19-9-13(2)29-17/h5-9H,10-11H2,1-4H3,(H,19,20,25). The second-order valence-electron chi connectivity index (χ2n) is 6.68. The van der Waals surface area contributed by atoms with Crippen LogP contribution in [0.25, 0.3) is 0 Å². The summed E-state index contributed by atoms with van der Waals surface area (Å²) in [7, 11) is -1.77. The molecule has 160 valence electrons. The van der Waals surface area contributed by atoms with Gasteiger partial charge in [0.1, 0.15) is 0 Å². The van der Waals surface area contributed by atoms with Crippen LogP contribution in [0.15, 0.2) is 35.6 Å². The predicted octanol–water partition coefficient (Wildman–Crippen LogP) is 2.59. The molecule has 2 aromatic heterocycles. The number of hydrogen-bond donors (Lipinski definition) is 1. The van der Waals surface area contributed by atoms with E-state index >= 15 is 0 Å². The molecule has 0 bridgehead atoms. The molecule has 0 saturated heterocycles. The Morgan fingerprint density at radius 1 is 1.23 bits per heavy atom. The van der Waals surface area contributed by atoms with Crippen LogP contribution in [0, 0.1) is 13.8 Å². The number of nitrogens with zero attached hydrogens (tertiary/aromatic N) is 5. The molecule has 9 nitrogen and oxygen atoms in total. The number of benzene rings is 1. The lowest BCUT2D eigenvalue weighted by Gasteiger charge is -2.22. The summed E-state index contributed by atoms with van der Waals surface area (Å²) >= 11 is 2.63. The molecular weight excluding hydrogens is 444 g/mol. The number of aromatic nitrogens is 4. The van der Waals surface area contributed by atoms with Crippen molar-refractivity contribution >= 4 is 49.8 Å². The minimum Gasteiger partial charge on any atom is -0.308 e. The highest BCUT2D eigenvalue weighted by atomic mass is 32.2. The average molecular weight is 467 g/mol. The van der Waals surface area contributed by atoms with Gasteiger partial charge in [-0.1, -0.05) is 29.5 Å². The van der Waals surface area contributed by atoms with Gasteiger partial charge in [0.05, 0.1) is 24.2 Å². The van der Waals surface area contributed by atoms with Gasteiger partial charge in [0.15, 0.2) is 16.1 Å². The summed E-state index contributed by atoms with van der Waals surface area (Å²) in [5.41, 5.74) is 1.59. The number of hydrogen-bond acceptors (Lipinski definition) is 8. The molecule has 1 N–H and O–H groups in total. The Morgan fingerprint density at radius 3 is 2.53 bits per heavy atom. The van der Waals surface area contributed by atoms with Gasteiger partial charge < -0.3 is 9.88 Å². The van der Waals surface area contributed by atoms with Crippen LogP contribution in [0.2, 0.25) is 0 Å². The summed E-state index contributed by atoms with van der Waals surface area (Å²) in [5.74, 6) is 0.411. The smallest absolute Gasteiger partial charge is 0.236 e. The van der Waals surface area contributed by atoms with Gasteiger partial charge in [-0.15, -0.1) is 21.5 Å². The zero-order chi connectivity index (χ0) is 21.9. The van der Waals surface area contributed by atoms with Gasteiger partial charge in [-0.2, -0.15) is 0 Å². The van der Waals surface area contributed by atoms with Gasteiger partial charge in [0, 0.05) is 18.1 Å². The Labute approximate surface area is 183 Å². The molecule has 0 radical (unpaired) electrons. The van der Waals surface area contributed by atoms with Crippen LogP contribution < -0.4 is 9.62 Å². The van der Waals surface area contributed by atoms with Crippen LogP contribution >= 0.6 is 23.1 Å². The van der Waals surface area contributed by atoms with E-state index in [1.165, 1.54) is 27.4 Å². The van der Waals surface area contributed by atoms with Gasteiger partial charge in [-0.3, -0.25) is 9.10 Å². The fourth-order valence-electron chi connectivity index (χ4n) is 2.55. The van der Waals surface area contributed by atoms with Crippen molar-refractivity contribution in [3.63, 3.8) is 0 Å². The maximum Gasteiger partial charge on any atom is 0.236 e. The average Bonchev–Trinajstić information content (AvgIpc) is 3.23. The van der Waals surface area contributed by atoms with E-state index in [0.717, 1.165) is 16.7 Å². The molecule has 0 spiro atoms. The zero-order valence-corrected chi connectivity index (χ0v) is 19.4. The van der Waals surface area contributed by atoms with Crippen molar-refractivity contribution in [2.75, 3.05) is 21.6 Å². The lowest BCUT2D eigenvalue weighted by molar-refractivity contribution is -0.113. The van der Waals surface area contributed by atoms with Crippen molar-refractivity contribution in [3.05, 3.63) is 46.7 Å². The lowest BCUT2D eigenvalue weighted by Crippen LogP contribution is -2.30. The van der Waals surface area contributed by atoms with Gasteiger partial charge in [-0.25, -0.2) is 13.4 Å². The number of carbonyl (C=O) groups is 1. The number of thiazole rings is 1. The quantitative estimate of drug-likeness (QED) is 0.508. The third-order valence-electron chi connectivity index (χ3n) is 4.13. The summed E-state index contributed by atoms with van der Waals surface area (Å²) in [6.07, 6.45) is 2.85. The first-order valence-corrected chi connectivity index (χ1v) is 12.6. The van der Waals surface area contributed by atoms with Crippen molar-refractivity contribution in [2.24, 2.45) is 7.05 Å². The number of aryl methyl sites for hydroxylation is 2. The Balaban J connectivity index is 1.68. The largest absolute Gasteiger partial charge is 0.308 e. The summed E-state index contributed by atoms with van der Waals surface area (Å²) in [6.45, 7) is 3.89. The van der Waals surface area contributed by atoms with Gasteiger partial charge in [0.25, 0.3) is 0 Å². The van der Waals surface area contributed by atoms with Crippen molar-refractivity contribution in [1.29, 1.82) is 0 Å². The molecule has 3 rings (SSSR count). The number of nitrogens with one attached hydrogen (secondary N) is 1.